The molecule has 1 saturated carbocycles. The lowest BCUT2D eigenvalue weighted by atomic mass is 9.85. The van der Waals surface area contributed by atoms with Crippen LogP contribution in [-0.2, 0) is 9.53 Å². The lowest BCUT2D eigenvalue weighted by Crippen LogP contribution is -2.47. The first kappa shape index (κ1) is 17.7. The molecule has 7 heteroatoms. The van der Waals surface area contributed by atoms with Gasteiger partial charge < -0.3 is 25.4 Å². The van der Waals surface area contributed by atoms with E-state index in [-0.39, 0.29) is 25.7 Å². The zero-order valence-corrected chi connectivity index (χ0v) is 12.7. The number of carboxylic acid groups (broad SMARTS) is 1. The van der Waals surface area contributed by atoms with Crippen LogP contribution in [0.4, 0.5) is 4.79 Å². The first-order valence-corrected chi connectivity index (χ1v) is 7.18. The van der Waals surface area contributed by atoms with Crippen LogP contribution in [0, 0.1) is 5.92 Å². The molecule has 0 spiro atoms. The van der Waals surface area contributed by atoms with E-state index in [1.54, 1.807) is 20.8 Å². The summed E-state index contributed by atoms with van der Waals surface area (Å²) in [5.74, 6) is -1.83. The zero-order chi connectivity index (χ0) is 16.2. The Labute approximate surface area is 124 Å². The minimum absolute atomic E-state index is 0.185. The molecule has 0 aromatic carbocycles. The van der Waals surface area contributed by atoms with Crippen molar-refractivity contribution in [1.29, 1.82) is 0 Å². The van der Waals surface area contributed by atoms with Gasteiger partial charge in [0.2, 0.25) is 0 Å². The third-order valence-corrected chi connectivity index (χ3v) is 3.50. The van der Waals surface area contributed by atoms with Crippen LogP contribution in [0.15, 0.2) is 0 Å². The Morgan fingerprint density at radius 2 is 1.57 bits per heavy atom. The Morgan fingerprint density at radius 1 is 1.05 bits per heavy atom. The highest BCUT2D eigenvalue weighted by atomic mass is 16.6. The Hall–Kier alpha value is -1.34. The van der Waals surface area contributed by atoms with Crippen molar-refractivity contribution >= 4 is 12.1 Å². The van der Waals surface area contributed by atoms with E-state index in [0.29, 0.717) is 0 Å². The summed E-state index contributed by atoms with van der Waals surface area (Å²) in [6, 6.07) is -0.625. The van der Waals surface area contributed by atoms with E-state index in [2.05, 4.69) is 5.32 Å². The largest absolute Gasteiger partial charge is 0.481 e. The fourth-order valence-corrected chi connectivity index (χ4v) is 2.42. The molecule has 0 aromatic heterocycles. The number of aliphatic hydroxyl groups excluding tert-OH is 2. The average Bonchev–Trinajstić information content (AvgIpc) is 2.30. The van der Waals surface area contributed by atoms with Crippen LogP contribution in [0.1, 0.15) is 46.5 Å². The molecule has 0 aromatic rings. The minimum Gasteiger partial charge on any atom is -0.481 e. The number of ether oxygens (including phenoxy) is 1. The normalized spacial score (nSPS) is 30.9. The van der Waals surface area contributed by atoms with Crippen LogP contribution in [0.2, 0.25) is 0 Å². The highest BCUT2D eigenvalue weighted by Gasteiger charge is 2.34. The first-order chi connectivity index (χ1) is 9.60. The Balaban J connectivity index is 2.74. The smallest absolute Gasteiger partial charge is 0.407 e. The maximum Gasteiger partial charge on any atom is 0.407 e. The van der Waals surface area contributed by atoms with E-state index in [9.17, 15) is 24.9 Å². The van der Waals surface area contributed by atoms with Crippen LogP contribution in [0.3, 0.4) is 0 Å². The summed E-state index contributed by atoms with van der Waals surface area (Å²) in [6.45, 7) is 5.17. The lowest BCUT2D eigenvalue weighted by molar-refractivity contribution is -0.144. The third kappa shape index (κ3) is 5.89. The van der Waals surface area contributed by atoms with E-state index in [1.165, 1.54) is 0 Å². The van der Waals surface area contributed by atoms with Gasteiger partial charge in [-0.2, -0.15) is 0 Å². The molecule has 122 valence electrons. The van der Waals surface area contributed by atoms with Crippen molar-refractivity contribution in [1.82, 2.24) is 5.32 Å². The number of aliphatic carboxylic acids is 1. The number of aliphatic hydroxyl groups is 2. The number of carbonyl (C=O) groups excluding carboxylic acids is 1. The predicted octanol–water partition coefficient (Wildman–Crippen LogP) is 0.876. The molecule has 1 amide bonds. The number of carbonyl (C=O) groups is 2. The van der Waals surface area contributed by atoms with Gasteiger partial charge in [-0.3, -0.25) is 4.79 Å². The van der Waals surface area contributed by atoms with E-state index in [4.69, 9.17) is 4.74 Å². The Morgan fingerprint density at radius 3 is 2.05 bits per heavy atom. The van der Waals surface area contributed by atoms with E-state index in [0.717, 1.165) is 0 Å². The van der Waals surface area contributed by atoms with Crippen molar-refractivity contribution in [2.75, 3.05) is 0 Å². The maximum atomic E-state index is 11.8. The van der Waals surface area contributed by atoms with Gasteiger partial charge in [-0.1, -0.05) is 0 Å². The average molecular weight is 303 g/mol. The van der Waals surface area contributed by atoms with E-state index in [1.807, 2.05) is 0 Å². The number of rotatable bonds is 2. The molecule has 1 fully saturated rings. The molecule has 4 unspecified atom stereocenters. The molecule has 0 heterocycles. The van der Waals surface area contributed by atoms with Gasteiger partial charge in [0.25, 0.3) is 0 Å². The van der Waals surface area contributed by atoms with Crippen molar-refractivity contribution in [3.8, 4) is 0 Å². The molecule has 0 bridgehead atoms. The second-order valence-corrected chi connectivity index (χ2v) is 6.49. The number of hydrogen-bond acceptors (Lipinski definition) is 5. The molecular formula is C14H25NO6. The topological polar surface area (TPSA) is 116 Å². The molecule has 4 N–H and O–H groups in total. The molecule has 0 radical (unpaired) electrons. The summed E-state index contributed by atoms with van der Waals surface area (Å²) in [6.07, 6.45) is -1.62. The fraction of sp³-hybridized carbons (Fsp3) is 0.857. The van der Waals surface area contributed by atoms with Crippen molar-refractivity contribution in [2.45, 2.75) is 70.3 Å². The van der Waals surface area contributed by atoms with Gasteiger partial charge in [0.15, 0.2) is 0 Å². The first-order valence-electron chi connectivity index (χ1n) is 7.18. The van der Waals surface area contributed by atoms with Gasteiger partial charge in [0, 0.05) is 6.04 Å². The summed E-state index contributed by atoms with van der Waals surface area (Å²) >= 11 is 0. The summed E-state index contributed by atoms with van der Waals surface area (Å²) in [7, 11) is 0. The van der Waals surface area contributed by atoms with Crippen LogP contribution < -0.4 is 5.32 Å². The van der Waals surface area contributed by atoms with Gasteiger partial charge in [-0.25, -0.2) is 4.79 Å². The van der Waals surface area contributed by atoms with Crippen LogP contribution in [-0.4, -0.2) is 51.2 Å². The van der Waals surface area contributed by atoms with Crippen LogP contribution >= 0.6 is 0 Å². The number of hydrogen-bond donors (Lipinski definition) is 4. The summed E-state index contributed by atoms with van der Waals surface area (Å²) in [4.78, 5) is 23.1. The molecule has 1 aliphatic rings. The van der Waals surface area contributed by atoms with E-state index >= 15 is 0 Å². The van der Waals surface area contributed by atoms with Gasteiger partial charge >= 0.3 is 12.1 Å². The molecule has 7 nitrogen and oxygen atoms in total. The number of alkyl carbamates (subject to hydrolysis) is 1. The molecule has 21 heavy (non-hydrogen) atoms. The SMILES string of the molecule is CC(C)(C)OC(=O)NC1CCC(O)C(O)CCC1C(=O)O. The van der Waals surface area contributed by atoms with Crippen LogP contribution in [0.5, 0.6) is 0 Å². The highest BCUT2D eigenvalue weighted by molar-refractivity contribution is 5.73. The monoisotopic (exact) mass is 303 g/mol. The highest BCUT2D eigenvalue weighted by Crippen LogP contribution is 2.24. The predicted molar refractivity (Wildman–Crippen MR) is 74.8 cm³/mol. The van der Waals surface area contributed by atoms with Gasteiger partial charge in [0.05, 0.1) is 18.1 Å². The maximum absolute atomic E-state index is 11.8. The Kier molecular flexibility index (Phi) is 5.98. The minimum atomic E-state index is -1.03. The van der Waals surface area contributed by atoms with Gasteiger partial charge in [-0.15, -0.1) is 0 Å². The molecule has 4 atom stereocenters. The number of nitrogens with one attached hydrogen (secondary N) is 1. The standard InChI is InChI=1S/C14H25NO6/c1-14(2,3)21-13(20)15-9-5-7-11(17)10(16)6-4-8(9)12(18)19/h8-11,16-17H,4-7H2,1-3H3,(H,15,20)(H,18,19). The van der Waals surface area contributed by atoms with Gasteiger partial charge in [0.1, 0.15) is 5.60 Å². The lowest BCUT2D eigenvalue weighted by Gasteiger charge is -2.31. The van der Waals surface area contributed by atoms with E-state index < -0.39 is 41.8 Å². The molecule has 1 rings (SSSR count). The molecular weight excluding hydrogens is 278 g/mol. The van der Waals surface area contributed by atoms with Crippen molar-refractivity contribution in [3.05, 3.63) is 0 Å². The summed E-state index contributed by atoms with van der Waals surface area (Å²) < 4.78 is 5.13. The van der Waals surface area contributed by atoms with Crippen molar-refractivity contribution in [2.24, 2.45) is 5.92 Å². The molecule has 0 aliphatic heterocycles. The molecule has 0 saturated heterocycles. The van der Waals surface area contributed by atoms with Gasteiger partial charge in [-0.05, 0) is 46.5 Å². The fourth-order valence-electron chi connectivity index (χ4n) is 2.42. The zero-order valence-electron chi connectivity index (χ0n) is 12.7. The molecule has 1 aliphatic carbocycles. The summed E-state index contributed by atoms with van der Waals surface area (Å²) in [5, 5.41) is 31.2. The summed E-state index contributed by atoms with van der Waals surface area (Å²) in [5.41, 5.74) is -0.667. The van der Waals surface area contributed by atoms with Crippen LogP contribution in [0.25, 0.3) is 0 Å². The second kappa shape index (κ2) is 7.09. The van der Waals surface area contributed by atoms with Crippen molar-refractivity contribution in [3.63, 3.8) is 0 Å². The number of amides is 1. The number of carboxylic acids is 1. The third-order valence-electron chi connectivity index (χ3n) is 3.50. The van der Waals surface area contributed by atoms with Crippen molar-refractivity contribution < 1.29 is 29.6 Å². The second-order valence-electron chi connectivity index (χ2n) is 6.49. The quantitative estimate of drug-likeness (QED) is 0.601. The Bertz CT molecular complexity index is 378.